The molecule has 1 atom stereocenters. The van der Waals surface area contributed by atoms with Crippen LogP contribution in [0.15, 0.2) is 18.2 Å². The average Bonchev–Trinajstić information content (AvgIpc) is 2.42. The largest absolute Gasteiger partial charge is 0.399 e. The number of anilines is 2. The number of aliphatic hydroxyl groups excluding tert-OH is 1. The fourth-order valence-corrected chi connectivity index (χ4v) is 2.74. The average molecular weight is 291 g/mol. The first-order valence-electron chi connectivity index (χ1n) is 7.61. The van der Waals surface area contributed by atoms with Crippen molar-refractivity contribution in [3.8, 4) is 0 Å². The summed E-state index contributed by atoms with van der Waals surface area (Å²) in [5, 5.41) is 12.5. The van der Waals surface area contributed by atoms with Gasteiger partial charge >= 0.3 is 0 Å². The lowest BCUT2D eigenvalue weighted by molar-refractivity contribution is -0.116. The van der Waals surface area contributed by atoms with Crippen molar-refractivity contribution in [1.82, 2.24) is 4.90 Å². The molecule has 21 heavy (non-hydrogen) atoms. The van der Waals surface area contributed by atoms with Gasteiger partial charge in [-0.15, -0.1) is 0 Å². The van der Waals surface area contributed by atoms with Gasteiger partial charge in [0.1, 0.15) is 0 Å². The molecule has 0 radical (unpaired) electrons. The Labute approximate surface area is 126 Å². The quantitative estimate of drug-likeness (QED) is 0.722. The number of benzene rings is 1. The second kappa shape index (κ2) is 7.43. The molecular weight excluding hydrogens is 266 g/mol. The van der Waals surface area contributed by atoms with Crippen molar-refractivity contribution < 1.29 is 9.90 Å². The van der Waals surface area contributed by atoms with E-state index in [4.69, 9.17) is 5.73 Å². The number of hydrogen-bond donors (Lipinski definition) is 3. The van der Waals surface area contributed by atoms with Crippen LogP contribution in [-0.2, 0) is 4.79 Å². The van der Waals surface area contributed by atoms with Crippen LogP contribution in [-0.4, -0.2) is 41.7 Å². The van der Waals surface area contributed by atoms with E-state index < -0.39 is 0 Å². The number of amides is 1. The molecule has 0 aliphatic carbocycles. The Kier molecular flexibility index (Phi) is 5.59. The molecule has 1 fully saturated rings. The van der Waals surface area contributed by atoms with Crippen molar-refractivity contribution in [2.45, 2.75) is 38.7 Å². The highest BCUT2D eigenvalue weighted by molar-refractivity contribution is 5.91. The van der Waals surface area contributed by atoms with Gasteiger partial charge in [-0.1, -0.05) is 0 Å². The lowest BCUT2D eigenvalue weighted by Crippen LogP contribution is -2.38. The van der Waals surface area contributed by atoms with Crippen LogP contribution in [0.2, 0.25) is 0 Å². The summed E-state index contributed by atoms with van der Waals surface area (Å²) in [6.45, 7) is 4.56. The lowest BCUT2D eigenvalue weighted by atomic mass is 10.1. The summed E-state index contributed by atoms with van der Waals surface area (Å²) >= 11 is 0. The molecule has 1 aromatic carbocycles. The van der Waals surface area contributed by atoms with Gasteiger partial charge in [-0.25, -0.2) is 0 Å². The van der Waals surface area contributed by atoms with Crippen molar-refractivity contribution in [3.05, 3.63) is 23.8 Å². The van der Waals surface area contributed by atoms with Gasteiger partial charge in [0.15, 0.2) is 0 Å². The Morgan fingerprint density at radius 3 is 3.05 bits per heavy atom. The van der Waals surface area contributed by atoms with Crippen molar-refractivity contribution in [2.24, 2.45) is 0 Å². The molecule has 0 saturated carbocycles. The summed E-state index contributed by atoms with van der Waals surface area (Å²) in [5.74, 6) is 0.0282. The van der Waals surface area contributed by atoms with Crippen LogP contribution in [0.25, 0.3) is 0 Å². The normalized spacial score (nSPS) is 19.4. The molecule has 1 unspecified atom stereocenters. The molecule has 1 amide bonds. The Hall–Kier alpha value is -1.59. The summed E-state index contributed by atoms with van der Waals surface area (Å²) in [5.41, 5.74) is 8.19. The molecule has 0 aromatic heterocycles. The van der Waals surface area contributed by atoms with E-state index in [9.17, 15) is 9.90 Å². The number of nitrogens with one attached hydrogen (secondary N) is 1. The van der Waals surface area contributed by atoms with Crippen LogP contribution in [0.5, 0.6) is 0 Å². The number of aliphatic hydroxyl groups is 1. The van der Waals surface area contributed by atoms with Gasteiger partial charge in [0.05, 0.1) is 6.10 Å². The number of carbonyl (C=O) groups excluding carboxylic acids is 1. The second-order valence-corrected chi connectivity index (χ2v) is 5.82. The van der Waals surface area contributed by atoms with E-state index in [-0.39, 0.29) is 12.0 Å². The third kappa shape index (κ3) is 5.02. The number of nitrogens with zero attached hydrogens (tertiary/aromatic N) is 1. The van der Waals surface area contributed by atoms with Crippen LogP contribution < -0.4 is 11.1 Å². The van der Waals surface area contributed by atoms with Crippen LogP contribution >= 0.6 is 0 Å². The summed E-state index contributed by atoms with van der Waals surface area (Å²) < 4.78 is 0. The van der Waals surface area contributed by atoms with E-state index in [0.29, 0.717) is 12.1 Å². The van der Waals surface area contributed by atoms with E-state index in [0.717, 1.165) is 50.1 Å². The van der Waals surface area contributed by atoms with Crippen LogP contribution in [0.1, 0.15) is 31.2 Å². The molecule has 2 rings (SSSR count). The Bertz CT molecular complexity index is 490. The summed E-state index contributed by atoms with van der Waals surface area (Å²) in [7, 11) is 0. The van der Waals surface area contributed by atoms with Crippen LogP contribution in [0, 0.1) is 6.92 Å². The number of piperidine rings is 1. The number of rotatable bonds is 5. The molecule has 1 heterocycles. The summed E-state index contributed by atoms with van der Waals surface area (Å²) in [6.07, 6.45) is 3.04. The molecule has 116 valence electrons. The first kappa shape index (κ1) is 15.8. The Balaban J connectivity index is 1.72. The van der Waals surface area contributed by atoms with Crippen molar-refractivity contribution >= 4 is 17.3 Å². The molecule has 1 aromatic rings. The summed E-state index contributed by atoms with van der Waals surface area (Å²) in [6, 6.07) is 5.48. The van der Waals surface area contributed by atoms with Gasteiger partial charge in [-0.05, 0) is 63.0 Å². The number of β-amino-alcohol motifs (C(OH)–C–C–N with tert-alkyl or cyclic N) is 1. The van der Waals surface area contributed by atoms with Crippen LogP contribution in [0.4, 0.5) is 11.4 Å². The zero-order valence-corrected chi connectivity index (χ0v) is 12.6. The van der Waals surface area contributed by atoms with Gasteiger partial charge in [0.25, 0.3) is 0 Å². The molecule has 5 nitrogen and oxygen atoms in total. The minimum absolute atomic E-state index is 0.0282. The smallest absolute Gasteiger partial charge is 0.224 e. The van der Waals surface area contributed by atoms with E-state index in [1.165, 1.54) is 0 Å². The van der Waals surface area contributed by atoms with Crippen molar-refractivity contribution in [2.75, 3.05) is 30.7 Å². The first-order chi connectivity index (χ1) is 10.0. The lowest BCUT2D eigenvalue weighted by Gasteiger charge is -2.29. The standard InChI is InChI=1S/C16H25N3O2/c1-12-10-13(17)6-7-15(12)18-16(21)5-3-9-19-8-2-4-14(20)11-19/h6-7,10,14,20H,2-5,8-9,11,17H2,1H3,(H,18,21). The fourth-order valence-electron chi connectivity index (χ4n) is 2.74. The van der Waals surface area contributed by atoms with Crippen molar-refractivity contribution in [3.63, 3.8) is 0 Å². The zero-order chi connectivity index (χ0) is 15.2. The fraction of sp³-hybridized carbons (Fsp3) is 0.562. The molecule has 1 aliphatic heterocycles. The van der Waals surface area contributed by atoms with Gasteiger partial charge in [-0.3, -0.25) is 4.79 Å². The molecule has 0 spiro atoms. The van der Waals surface area contributed by atoms with E-state index in [2.05, 4.69) is 10.2 Å². The predicted molar refractivity (Wildman–Crippen MR) is 85.1 cm³/mol. The molecule has 0 bridgehead atoms. The number of aryl methyl sites for hydroxylation is 1. The predicted octanol–water partition coefficient (Wildman–Crippen LogP) is 1.75. The third-order valence-electron chi connectivity index (χ3n) is 3.88. The van der Waals surface area contributed by atoms with E-state index >= 15 is 0 Å². The topological polar surface area (TPSA) is 78.6 Å². The SMILES string of the molecule is Cc1cc(N)ccc1NC(=O)CCCN1CCCC(O)C1. The van der Waals surface area contributed by atoms with Crippen molar-refractivity contribution in [1.29, 1.82) is 0 Å². The monoisotopic (exact) mass is 291 g/mol. The maximum absolute atomic E-state index is 11.9. The Morgan fingerprint density at radius 2 is 2.33 bits per heavy atom. The van der Waals surface area contributed by atoms with E-state index in [1.807, 2.05) is 19.1 Å². The van der Waals surface area contributed by atoms with Crippen LogP contribution in [0.3, 0.4) is 0 Å². The highest BCUT2D eigenvalue weighted by Gasteiger charge is 2.17. The van der Waals surface area contributed by atoms with Gasteiger partial charge in [-0.2, -0.15) is 0 Å². The highest BCUT2D eigenvalue weighted by Crippen LogP contribution is 2.18. The number of carbonyl (C=O) groups is 1. The van der Waals surface area contributed by atoms with E-state index in [1.54, 1.807) is 6.07 Å². The molecule has 1 saturated heterocycles. The van der Waals surface area contributed by atoms with Gasteiger partial charge in [0, 0.05) is 24.3 Å². The molecule has 4 N–H and O–H groups in total. The highest BCUT2D eigenvalue weighted by atomic mass is 16.3. The maximum Gasteiger partial charge on any atom is 0.224 e. The van der Waals surface area contributed by atoms with Gasteiger partial charge < -0.3 is 21.1 Å². The third-order valence-corrected chi connectivity index (χ3v) is 3.88. The number of nitrogens with two attached hydrogens (primary N) is 1. The van der Waals surface area contributed by atoms with Gasteiger partial charge in [0.2, 0.25) is 5.91 Å². The Morgan fingerprint density at radius 1 is 1.52 bits per heavy atom. The maximum atomic E-state index is 11.9. The summed E-state index contributed by atoms with van der Waals surface area (Å²) in [4.78, 5) is 14.2. The zero-order valence-electron chi connectivity index (χ0n) is 12.6. The molecule has 5 heteroatoms. The number of nitrogen functional groups attached to an aromatic ring is 1. The first-order valence-corrected chi connectivity index (χ1v) is 7.61. The number of likely N-dealkylation sites (tertiary alicyclic amines) is 1. The number of hydrogen-bond acceptors (Lipinski definition) is 4. The minimum atomic E-state index is -0.204. The molecule has 1 aliphatic rings. The minimum Gasteiger partial charge on any atom is -0.399 e. The molecular formula is C16H25N3O2. The second-order valence-electron chi connectivity index (χ2n) is 5.82.